The number of aryl methyl sites for hydroxylation is 1. The number of carboxylic acid groups (broad SMARTS) is 1. The summed E-state index contributed by atoms with van der Waals surface area (Å²) < 4.78 is 10.5. The van der Waals surface area contributed by atoms with E-state index in [-0.39, 0.29) is 18.9 Å². The predicted molar refractivity (Wildman–Crippen MR) is 82.4 cm³/mol. The van der Waals surface area contributed by atoms with Crippen LogP contribution in [0, 0.1) is 0 Å². The molecule has 0 fully saturated rings. The van der Waals surface area contributed by atoms with Gasteiger partial charge in [0.1, 0.15) is 11.5 Å². The molecular formula is C16H23NO5. The quantitative estimate of drug-likeness (QED) is 0.754. The van der Waals surface area contributed by atoms with Gasteiger partial charge in [-0.25, -0.2) is 0 Å². The van der Waals surface area contributed by atoms with Crippen molar-refractivity contribution >= 4 is 11.9 Å². The second-order valence-electron chi connectivity index (χ2n) is 4.99. The Morgan fingerprint density at radius 1 is 1.18 bits per heavy atom. The summed E-state index contributed by atoms with van der Waals surface area (Å²) in [6, 6.07) is 5.57. The minimum Gasteiger partial charge on any atom is -0.497 e. The molecule has 1 amide bonds. The first-order valence-electron chi connectivity index (χ1n) is 7.14. The molecule has 6 heteroatoms. The van der Waals surface area contributed by atoms with Crippen molar-refractivity contribution in [2.24, 2.45) is 0 Å². The number of hydrogen-bond donors (Lipinski definition) is 1. The van der Waals surface area contributed by atoms with Crippen molar-refractivity contribution in [3.8, 4) is 11.5 Å². The first-order valence-corrected chi connectivity index (χ1v) is 7.14. The van der Waals surface area contributed by atoms with Gasteiger partial charge in [0.05, 0.1) is 20.6 Å². The molecule has 1 aromatic rings. The van der Waals surface area contributed by atoms with Crippen molar-refractivity contribution in [3.63, 3.8) is 0 Å². The average molecular weight is 309 g/mol. The second kappa shape index (κ2) is 8.92. The van der Waals surface area contributed by atoms with Crippen LogP contribution in [0.5, 0.6) is 11.5 Å². The summed E-state index contributed by atoms with van der Waals surface area (Å²) in [4.78, 5) is 23.8. The second-order valence-corrected chi connectivity index (χ2v) is 4.99. The molecule has 0 saturated heterocycles. The zero-order valence-electron chi connectivity index (χ0n) is 13.3. The summed E-state index contributed by atoms with van der Waals surface area (Å²) in [5.74, 6) is 0.567. The lowest BCUT2D eigenvalue weighted by molar-refractivity contribution is -0.138. The Hall–Kier alpha value is -2.24. The van der Waals surface area contributed by atoms with Gasteiger partial charge in [-0.1, -0.05) is 0 Å². The standard InChI is InChI=1S/C16H23NO5/c1-17(10-9-16(19)20)15(18)6-4-5-12-11-13(21-2)7-8-14(12)22-3/h7-8,11H,4-6,9-10H2,1-3H3,(H,19,20). The molecule has 22 heavy (non-hydrogen) atoms. The highest BCUT2D eigenvalue weighted by molar-refractivity contribution is 5.76. The van der Waals surface area contributed by atoms with Crippen molar-refractivity contribution in [2.45, 2.75) is 25.7 Å². The Balaban J connectivity index is 2.49. The van der Waals surface area contributed by atoms with Crippen LogP contribution >= 0.6 is 0 Å². The third-order valence-corrected chi connectivity index (χ3v) is 3.41. The molecule has 0 saturated carbocycles. The first-order chi connectivity index (χ1) is 10.5. The van der Waals surface area contributed by atoms with Crippen molar-refractivity contribution in [1.82, 2.24) is 4.90 Å². The Morgan fingerprint density at radius 2 is 1.91 bits per heavy atom. The number of hydrogen-bond acceptors (Lipinski definition) is 4. The van der Waals surface area contributed by atoms with E-state index in [1.165, 1.54) is 4.90 Å². The van der Waals surface area contributed by atoms with Crippen LogP contribution < -0.4 is 9.47 Å². The maximum atomic E-state index is 11.9. The molecular weight excluding hydrogens is 286 g/mol. The van der Waals surface area contributed by atoms with E-state index in [1.54, 1.807) is 21.3 Å². The van der Waals surface area contributed by atoms with Crippen LogP contribution in [0.2, 0.25) is 0 Å². The fourth-order valence-corrected chi connectivity index (χ4v) is 2.09. The number of ether oxygens (including phenoxy) is 2. The lowest BCUT2D eigenvalue weighted by Crippen LogP contribution is -2.28. The number of benzene rings is 1. The van der Waals surface area contributed by atoms with Gasteiger partial charge >= 0.3 is 5.97 Å². The number of methoxy groups -OCH3 is 2. The Labute approximate surface area is 130 Å². The van der Waals surface area contributed by atoms with E-state index in [2.05, 4.69) is 0 Å². The molecule has 0 heterocycles. The maximum absolute atomic E-state index is 11.9. The van der Waals surface area contributed by atoms with Crippen molar-refractivity contribution in [3.05, 3.63) is 23.8 Å². The predicted octanol–water partition coefficient (Wildman–Crippen LogP) is 1.96. The molecule has 0 aliphatic rings. The average Bonchev–Trinajstić information content (AvgIpc) is 2.52. The van der Waals surface area contributed by atoms with Gasteiger partial charge in [-0.05, 0) is 36.6 Å². The third kappa shape index (κ3) is 5.63. The number of carbonyl (C=O) groups is 2. The maximum Gasteiger partial charge on any atom is 0.305 e. The Morgan fingerprint density at radius 3 is 2.50 bits per heavy atom. The van der Waals surface area contributed by atoms with E-state index in [4.69, 9.17) is 14.6 Å². The lowest BCUT2D eigenvalue weighted by Gasteiger charge is -2.16. The molecule has 122 valence electrons. The minimum absolute atomic E-state index is 0.0358. The van der Waals surface area contributed by atoms with Crippen molar-refractivity contribution in [1.29, 1.82) is 0 Å². The van der Waals surface area contributed by atoms with Gasteiger partial charge in [0.15, 0.2) is 0 Å². The molecule has 0 radical (unpaired) electrons. The molecule has 0 spiro atoms. The highest BCUT2D eigenvalue weighted by atomic mass is 16.5. The van der Waals surface area contributed by atoms with Crippen LogP contribution in [-0.4, -0.2) is 49.7 Å². The molecule has 1 N–H and O–H groups in total. The summed E-state index contributed by atoms with van der Waals surface area (Å²) in [5.41, 5.74) is 0.989. The van der Waals surface area contributed by atoms with Crippen molar-refractivity contribution < 1.29 is 24.2 Å². The van der Waals surface area contributed by atoms with Crippen LogP contribution in [-0.2, 0) is 16.0 Å². The third-order valence-electron chi connectivity index (χ3n) is 3.41. The molecule has 0 aliphatic carbocycles. The Bertz CT molecular complexity index is 515. The summed E-state index contributed by atoms with van der Waals surface area (Å²) >= 11 is 0. The SMILES string of the molecule is COc1ccc(OC)c(CCCC(=O)N(C)CCC(=O)O)c1. The largest absolute Gasteiger partial charge is 0.497 e. The smallest absolute Gasteiger partial charge is 0.305 e. The highest BCUT2D eigenvalue weighted by Gasteiger charge is 2.11. The van der Waals surface area contributed by atoms with Gasteiger partial charge in [0.25, 0.3) is 0 Å². The summed E-state index contributed by atoms with van der Waals surface area (Å²) in [7, 11) is 4.83. The summed E-state index contributed by atoms with van der Waals surface area (Å²) in [5, 5.41) is 8.61. The van der Waals surface area contributed by atoms with E-state index in [0.29, 0.717) is 19.3 Å². The number of carboxylic acids is 1. The zero-order chi connectivity index (χ0) is 16.5. The number of nitrogens with zero attached hydrogens (tertiary/aromatic N) is 1. The lowest BCUT2D eigenvalue weighted by atomic mass is 10.1. The van der Waals surface area contributed by atoms with Crippen LogP contribution in [0.3, 0.4) is 0 Å². The van der Waals surface area contributed by atoms with Gasteiger partial charge in [-0.2, -0.15) is 0 Å². The fraction of sp³-hybridized carbons (Fsp3) is 0.500. The van der Waals surface area contributed by atoms with Crippen LogP contribution in [0.15, 0.2) is 18.2 Å². The van der Waals surface area contributed by atoms with Crippen LogP contribution in [0.1, 0.15) is 24.8 Å². The fourth-order valence-electron chi connectivity index (χ4n) is 2.09. The topological polar surface area (TPSA) is 76.1 Å². The van der Waals surface area contributed by atoms with Gasteiger partial charge in [-0.15, -0.1) is 0 Å². The van der Waals surface area contributed by atoms with Gasteiger partial charge in [0, 0.05) is 20.0 Å². The van der Waals surface area contributed by atoms with Crippen molar-refractivity contribution in [2.75, 3.05) is 27.8 Å². The highest BCUT2D eigenvalue weighted by Crippen LogP contribution is 2.25. The Kier molecular flexibility index (Phi) is 7.22. The van der Waals surface area contributed by atoms with E-state index in [0.717, 1.165) is 17.1 Å². The first kappa shape index (κ1) is 17.8. The van der Waals surface area contributed by atoms with Gasteiger partial charge < -0.3 is 19.5 Å². The van der Waals surface area contributed by atoms with E-state index in [9.17, 15) is 9.59 Å². The molecule has 0 bridgehead atoms. The molecule has 0 aliphatic heterocycles. The molecule has 6 nitrogen and oxygen atoms in total. The molecule has 0 atom stereocenters. The molecule has 0 unspecified atom stereocenters. The van der Waals surface area contributed by atoms with E-state index < -0.39 is 5.97 Å². The summed E-state index contributed by atoms with van der Waals surface area (Å²) in [6.07, 6.45) is 1.70. The van der Waals surface area contributed by atoms with Crippen LogP contribution in [0.25, 0.3) is 0 Å². The monoisotopic (exact) mass is 309 g/mol. The van der Waals surface area contributed by atoms with E-state index in [1.807, 2.05) is 18.2 Å². The zero-order valence-corrected chi connectivity index (χ0v) is 13.3. The van der Waals surface area contributed by atoms with E-state index >= 15 is 0 Å². The normalized spacial score (nSPS) is 10.1. The number of amides is 1. The number of rotatable bonds is 9. The van der Waals surface area contributed by atoms with Gasteiger partial charge in [0.2, 0.25) is 5.91 Å². The minimum atomic E-state index is -0.902. The van der Waals surface area contributed by atoms with Gasteiger partial charge in [-0.3, -0.25) is 9.59 Å². The number of carbonyl (C=O) groups excluding carboxylic acids is 1. The number of aliphatic carboxylic acids is 1. The molecule has 0 aromatic heterocycles. The molecule has 1 aromatic carbocycles. The molecule has 1 rings (SSSR count). The van der Waals surface area contributed by atoms with Crippen LogP contribution in [0.4, 0.5) is 0 Å². The summed E-state index contributed by atoms with van der Waals surface area (Å²) in [6.45, 7) is 0.233.